The van der Waals surface area contributed by atoms with Gasteiger partial charge in [-0.3, -0.25) is 14.6 Å². The number of imidazole rings is 1. The molecule has 0 atom stereocenters. The van der Waals surface area contributed by atoms with Gasteiger partial charge in [0.1, 0.15) is 11.2 Å². The molecule has 0 fully saturated rings. The molecule has 0 aliphatic heterocycles. The number of aryl methyl sites for hydroxylation is 2. The van der Waals surface area contributed by atoms with Crippen molar-refractivity contribution in [2.24, 2.45) is 7.05 Å². The van der Waals surface area contributed by atoms with Crippen LogP contribution in [0.3, 0.4) is 0 Å². The maximum Gasteiger partial charge on any atom is 0.159 e. The van der Waals surface area contributed by atoms with Gasteiger partial charge in [0.15, 0.2) is 5.82 Å². The Morgan fingerprint density at radius 1 is 1.00 bits per heavy atom. The number of rotatable bonds is 4. The molecule has 6 aromatic rings. The van der Waals surface area contributed by atoms with Crippen molar-refractivity contribution >= 4 is 39.0 Å². The molecule has 1 N–H and O–H groups in total. The fourth-order valence-corrected chi connectivity index (χ4v) is 5.11. The molecule has 5 heterocycles. The fraction of sp³-hybridized carbons (Fsp3) is 0.154. The number of benzene rings is 1. The second-order valence-electron chi connectivity index (χ2n) is 8.63. The lowest BCUT2D eigenvalue weighted by Gasteiger charge is -2.14. The van der Waals surface area contributed by atoms with Crippen molar-refractivity contribution in [2.75, 3.05) is 19.0 Å². The van der Waals surface area contributed by atoms with Crippen molar-refractivity contribution in [1.82, 2.24) is 29.7 Å². The van der Waals surface area contributed by atoms with E-state index in [1.165, 1.54) is 5.56 Å². The van der Waals surface area contributed by atoms with Crippen LogP contribution in [-0.2, 0) is 7.05 Å². The zero-order valence-corrected chi connectivity index (χ0v) is 20.2. The van der Waals surface area contributed by atoms with Crippen molar-refractivity contribution < 1.29 is 0 Å². The molecule has 34 heavy (non-hydrogen) atoms. The van der Waals surface area contributed by atoms with Gasteiger partial charge < -0.3 is 9.88 Å². The number of nitrogens with one attached hydrogen (secondary N) is 1. The normalized spacial score (nSPS) is 11.5. The van der Waals surface area contributed by atoms with Crippen molar-refractivity contribution in [3.63, 3.8) is 0 Å². The summed E-state index contributed by atoms with van der Waals surface area (Å²) in [4.78, 5) is 20.5. The first-order chi connectivity index (χ1) is 16.5. The summed E-state index contributed by atoms with van der Waals surface area (Å²) in [5.41, 5.74) is 9.16. The van der Waals surface area contributed by atoms with Crippen LogP contribution in [0.5, 0.6) is 0 Å². The molecule has 0 radical (unpaired) electrons. The molecule has 0 saturated carbocycles. The number of nitrogens with zero attached hydrogens (tertiary/aromatic N) is 6. The van der Waals surface area contributed by atoms with Crippen molar-refractivity contribution in [3.05, 3.63) is 66.1 Å². The van der Waals surface area contributed by atoms with Gasteiger partial charge in [-0.05, 0) is 47.7 Å². The van der Waals surface area contributed by atoms with E-state index in [1.807, 2.05) is 56.7 Å². The standard InChI is InChI=1S/C26H23N7S/c1-15-8-22-19(10-18(15)16-9-17(32(2)3)12-27-11-16)25(31-33(22)4)26-29-21-14-28-13-20(24(21)30-26)23-6-5-7-34-23/h5-14H,1-4H3,(H,29,30). The van der Waals surface area contributed by atoms with E-state index in [0.29, 0.717) is 0 Å². The minimum absolute atomic E-state index is 0.737. The lowest BCUT2D eigenvalue weighted by atomic mass is 9.98. The largest absolute Gasteiger partial charge is 0.376 e. The van der Waals surface area contributed by atoms with Crippen LogP contribution < -0.4 is 4.90 Å². The first-order valence-corrected chi connectivity index (χ1v) is 11.9. The minimum atomic E-state index is 0.737. The van der Waals surface area contributed by atoms with Gasteiger partial charge in [-0.25, -0.2) is 4.98 Å². The molecular formula is C26H23N7S. The predicted octanol–water partition coefficient (Wildman–Crippen LogP) is 5.68. The van der Waals surface area contributed by atoms with Gasteiger partial charge in [-0.15, -0.1) is 11.3 Å². The number of H-pyrrole nitrogens is 1. The van der Waals surface area contributed by atoms with Crippen LogP contribution in [0.25, 0.3) is 55.0 Å². The monoisotopic (exact) mass is 465 g/mol. The number of pyridine rings is 2. The predicted molar refractivity (Wildman–Crippen MR) is 139 cm³/mol. The van der Waals surface area contributed by atoms with Gasteiger partial charge in [-0.1, -0.05) is 6.07 Å². The molecule has 0 bridgehead atoms. The summed E-state index contributed by atoms with van der Waals surface area (Å²) in [6.45, 7) is 2.13. The maximum atomic E-state index is 4.98. The number of anilines is 1. The molecule has 7 nitrogen and oxygen atoms in total. The molecule has 0 aliphatic rings. The zero-order chi connectivity index (χ0) is 23.4. The lowest BCUT2D eigenvalue weighted by Crippen LogP contribution is -2.08. The van der Waals surface area contributed by atoms with E-state index in [-0.39, 0.29) is 0 Å². The SMILES string of the molecule is Cc1cc2c(cc1-c1cncc(N(C)C)c1)c(-c1nc3c(-c4cccs4)cncc3[nH]1)nn2C. The first kappa shape index (κ1) is 20.6. The van der Waals surface area contributed by atoms with Crippen LogP contribution >= 0.6 is 11.3 Å². The van der Waals surface area contributed by atoms with Crippen molar-refractivity contribution in [2.45, 2.75) is 6.92 Å². The molecule has 1 aromatic carbocycles. The second kappa shape index (κ2) is 7.78. The van der Waals surface area contributed by atoms with E-state index in [0.717, 1.165) is 60.7 Å². The second-order valence-corrected chi connectivity index (χ2v) is 9.58. The fourth-order valence-electron chi connectivity index (χ4n) is 4.37. The highest BCUT2D eigenvalue weighted by atomic mass is 32.1. The third-order valence-electron chi connectivity index (χ3n) is 6.15. The number of hydrogen-bond acceptors (Lipinski definition) is 6. The van der Waals surface area contributed by atoms with Gasteiger partial charge in [0, 0.05) is 54.9 Å². The van der Waals surface area contributed by atoms with Crippen LogP contribution in [0.4, 0.5) is 5.69 Å². The molecule has 6 rings (SSSR count). The van der Waals surface area contributed by atoms with Gasteiger partial charge in [0.2, 0.25) is 0 Å². The quantitative estimate of drug-likeness (QED) is 0.363. The van der Waals surface area contributed by atoms with Gasteiger partial charge in [-0.2, -0.15) is 5.10 Å². The zero-order valence-electron chi connectivity index (χ0n) is 19.4. The van der Waals surface area contributed by atoms with E-state index in [1.54, 1.807) is 11.3 Å². The Labute approximate surface area is 200 Å². The summed E-state index contributed by atoms with van der Waals surface area (Å²) in [6, 6.07) is 10.7. The Kier molecular flexibility index (Phi) is 4.70. The average molecular weight is 466 g/mol. The molecule has 0 aliphatic carbocycles. The third kappa shape index (κ3) is 3.26. The number of thiophene rings is 1. The summed E-state index contributed by atoms with van der Waals surface area (Å²) in [5.74, 6) is 0.737. The molecule has 168 valence electrons. The van der Waals surface area contributed by atoms with Gasteiger partial charge >= 0.3 is 0 Å². The number of aromatic nitrogens is 6. The van der Waals surface area contributed by atoms with E-state index in [4.69, 9.17) is 10.1 Å². The Bertz CT molecular complexity index is 1660. The Morgan fingerprint density at radius 3 is 2.65 bits per heavy atom. The van der Waals surface area contributed by atoms with Crippen LogP contribution in [0.15, 0.2) is 60.5 Å². The summed E-state index contributed by atoms with van der Waals surface area (Å²) in [7, 11) is 6.02. The summed E-state index contributed by atoms with van der Waals surface area (Å²) in [5, 5.41) is 7.96. The minimum Gasteiger partial charge on any atom is -0.376 e. The summed E-state index contributed by atoms with van der Waals surface area (Å²) >= 11 is 1.68. The highest BCUT2D eigenvalue weighted by Crippen LogP contribution is 2.36. The Balaban J connectivity index is 1.55. The van der Waals surface area contributed by atoms with Crippen molar-refractivity contribution in [1.29, 1.82) is 0 Å². The molecule has 0 saturated heterocycles. The lowest BCUT2D eigenvalue weighted by molar-refractivity contribution is 0.798. The molecule has 0 unspecified atom stereocenters. The number of hydrogen-bond donors (Lipinski definition) is 1. The molecule has 0 amide bonds. The van der Waals surface area contributed by atoms with Gasteiger partial charge in [0.25, 0.3) is 0 Å². The van der Waals surface area contributed by atoms with Crippen LogP contribution in [0, 0.1) is 6.92 Å². The smallest absolute Gasteiger partial charge is 0.159 e. The number of fused-ring (bicyclic) bond motifs is 2. The molecular weight excluding hydrogens is 442 g/mol. The average Bonchev–Trinajstić information content (AvgIpc) is 3.58. The van der Waals surface area contributed by atoms with E-state index in [2.05, 4.69) is 56.4 Å². The van der Waals surface area contributed by atoms with Crippen LogP contribution in [0.1, 0.15) is 5.56 Å². The maximum absolute atomic E-state index is 4.98. The summed E-state index contributed by atoms with van der Waals surface area (Å²) < 4.78 is 1.92. The van der Waals surface area contributed by atoms with E-state index >= 15 is 0 Å². The highest BCUT2D eigenvalue weighted by Gasteiger charge is 2.19. The molecule has 5 aromatic heterocycles. The first-order valence-electron chi connectivity index (χ1n) is 11.0. The topological polar surface area (TPSA) is 75.5 Å². The number of aromatic amines is 1. The Hall–Kier alpha value is -4.04. The van der Waals surface area contributed by atoms with E-state index in [9.17, 15) is 0 Å². The van der Waals surface area contributed by atoms with Crippen LogP contribution in [-0.4, -0.2) is 43.8 Å². The third-order valence-corrected chi connectivity index (χ3v) is 7.06. The van der Waals surface area contributed by atoms with E-state index < -0.39 is 0 Å². The molecule has 8 heteroatoms. The Morgan fingerprint density at radius 2 is 1.85 bits per heavy atom. The summed E-state index contributed by atoms with van der Waals surface area (Å²) in [6.07, 6.45) is 7.49. The van der Waals surface area contributed by atoms with Gasteiger partial charge in [0.05, 0.1) is 29.1 Å². The van der Waals surface area contributed by atoms with Crippen molar-refractivity contribution in [3.8, 4) is 33.1 Å². The highest BCUT2D eigenvalue weighted by molar-refractivity contribution is 7.13. The molecule has 0 spiro atoms. The van der Waals surface area contributed by atoms with Crippen LogP contribution in [0.2, 0.25) is 0 Å².